The van der Waals surface area contributed by atoms with Gasteiger partial charge >= 0.3 is 5.97 Å². The summed E-state index contributed by atoms with van der Waals surface area (Å²) in [6.07, 6.45) is 0.704. The SMILES string of the molecule is CCOC(=O)CC1CO[C@@H]2[C@H](C)CO[C@H]12. The number of hydrogen-bond acceptors (Lipinski definition) is 4. The Bertz CT molecular complexity index is 241. The topological polar surface area (TPSA) is 44.8 Å². The molecule has 0 amide bonds. The number of esters is 1. The molecule has 0 spiro atoms. The minimum Gasteiger partial charge on any atom is -0.466 e. The van der Waals surface area contributed by atoms with Gasteiger partial charge in [-0.2, -0.15) is 0 Å². The highest BCUT2D eigenvalue weighted by molar-refractivity contribution is 5.69. The summed E-state index contributed by atoms with van der Waals surface area (Å²) < 4.78 is 16.2. The van der Waals surface area contributed by atoms with Crippen molar-refractivity contribution in [2.45, 2.75) is 32.5 Å². The summed E-state index contributed by atoms with van der Waals surface area (Å²) in [6.45, 7) is 5.75. The van der Waals surface area contributed by atoms with E-state index in [1.165, 1.54) is 0 Å². The zero-order valence-electron chi connectivity index (χ0n) is 9.27. The van der Waals surface area contributed by atoms with E-state index in [0.717, 1.165) is 6.61 Å². The minimum atomic E-state index is -0.144. The van der Waals surface area contributed by atoms with Crippen molar-refractivity contribution in [3.63, 3.8) is 0 Å². The third-order valence-electron chi connectivity index (χ3n) is 3.14. The molecule has 2 aliphatic heterocycles. The van der Waals surface area contributed by atoms with Gasteiger partial charge in [0.25, 0.3) is 0 Å². The Labute approximate surface area is 89.9 Å². The number of hydrogen-bond donors (Lipinski definition) is 0. The van der Waals surface area contributed by atoms with Crippen molar-refractivity contribution in [1.29, 1.82) is 0 Å². The Balaban J connectivity index is 1.87. The van der Waals surface area contributed by atoms with Crippen LogP contribution in [0.5, 0.6) is 0 Å². The second kappa shape index (κ2) is 4.49. The Hall–Kier alpha value is -0.610. The van der Waals surface area contributed by atoms with E-state index >= 15 is 0 Å². The summed E-state index contributed by atoms with van der Waals surface area (Å²) in [5.41, 5.74) is 0. The maximum Gasteiger partial charge on any atom is 0.306 e. The van der Waals surface area contributed by atoms with E-state index in [9.17, 15) is 4.79 Å². The van der Waals surface area contributed by atoms with Gasteiger partial charge in [-0.15, -0.1) is 0 Å². The molecule has 0 N–H and O–H groups in total. The molecule has 4 nitrogen and oxygen atoms in total. The lowest BCUT2D eigenvalue weighted by Crippen LogP contribution is -2.27. The van der Waals surface area contributed by atoms with Gasteiger partial charge in [-0.05, 0) is 6.92 Å². The first-order chi connectivity index (χ1) is 7.22. The van der Waals surface area contributed by atoms with Gasteiger partial charge in [0.05, 0.1) is 38.4 Å². The fourth-order valence-corrected chi connectivity index (χ4v) is 2.38. The van der Waals surface area contributed by atoms with Crippen LogP contribution in [-0.4, -0.2) is 38.0 Å². The molecule has 2 aliphatic rings. The highest BCUT2D eigenvalue weighted by atomic mass is 16.6. The first-order valence-electron chi connectivity index (χ1n) is 5.61. The molecule has 4 atom stereocenters. The summed E-state index contributed by atoms with van der Waals surface area (Å²) in [5, 5.41) is 0. The van der Waals surface area contributed by atoms with Crippen LogP contribution in [0.15, 0.2) is 0 Å². The summed E-state index contributed by atoms with van der Waals surface area (Å²) in [5.74, 6) is 0.482. The van der Waals surface area contributed by atoms with E-state index in [0.29, 0.717) is 25.6 Å². The van der Waals surface area contributed by atoms with E-state index in [1.807, 2.05) is 6.92 Å². The summed E-state index contributed by atoms with van der Waals surface area (Å²) in [6, 6.07) is 0. The smallest absolute Gasteiger partial charge is 0.306 e. The molecule has 0 aliphatic carbocycles. The van der Waals surface area contributed by atoms with Crippen LogP contribution in [0.1, 0.15) is 20.3 Å². The molecule has 86 valence electrons. The second-order valence-corrected chi connectivity index (χ2v) is 4.34. The van der Waals surface area contributed by atoms with Crippen LogP contribution in [0.4, 0.5) is 0 Å². The van der Waals surface area contributed by atoms with Crippen molar-refractivity contribution in [2.24, 2.45) is 11.8 Å². The van der Waals surface area contributed by atoms with Gasteiger partial charge in [0, 0.05) is 11.8 Å². The van der Waals surface area contributed by atoms with Crippen molar-refractivity contribution in [3.05, 3.63) is 0 Å². The van der Waals surface area contributed by atoms with E-state index < -0.39 is 0 Å². The van der Waals surface area contributed by atoms with Gasteiger partial charge in [0.1, 0.15) is 0 Å². The predicted molar refractivity (Wildman–Crippen MR) is 53.4 cm³/mol. The molecule has 1 unspecified atom stereocenters. The zero-order chi connectivity index (χ0) is 10.8. The molecule has 2 fully saturated rings. The third-order valence-corrected chi connectivity index (χ3v) is 3.14. The monoisotopic (exact) mass is 214 g/mol. The van der Waals surface area contributed by atoms with Crippen molar-refractivity contribution >= 4 is 5.97 Å². The molecular weight excluding hydrogens is 196 g/mol. The van der Waals surface area contributed by atoms with E-state index in [4.69, 9.17) is 14.2 Å². The van der Waals surface area contributed by atoms with Crippen molar-refractivity contribution in [1.82, 2.24) is 0 Å². The van der Waals surface area contributed by atoms with Crippen LogP contribution >= 0.6 is 0 Å². The highest BCUT2D eigenvalue weighted by Crippen LogP contribution is 2.35. The Morgan fingerprint density at radius 2 is 2.07 bits per heavy atom. The molecule has 0 aromatic carbocycles. The molecule has 0 saturated carbocycles. The van der Waals surface area contributed by atoms with Crippen LogP contribution in [0.25, 0.3) is 0 Å². The van der Waals surface area contributed by atoms with Crippen LogP contribution in [0.3, 0.4) is 0 Å². The minimum absolute atomic E-state index is 0.101. The summed E-state index contributed by atoms with van der Waals surface area (Å²) >= 11 is 0. The largest absolute Gasteiger partial charge is 0.466 e. The van der Waals surface area contributed by atoms with Gasteiger partial charge in [0.2, 0.25) is 0 Å². The lowest BCUT2D eigenvalue weighted by atomic mass is 9.95. The molecule has 0 aromatic heterocycles. The molecule has 0 bridgehead atoms. The average molecular weight is 214 g/mol. The quantitative estimate of drug-likeness (QED) is 0.657. The van der Waals surface area contributed by atoms with Gasteiger partial charge in [-0.25, -0.2) is 0 Å². The van der Waals surface area contributed by atoms with Crippen LogP contribution in [0, 0.1) is 11.8 Å². The number of ether oxygens (including phenoxy) is 3. The second-order valence-electron chi connectivity index (χ2n) is 4.34. The van der Waals surface area contributed by atoms with Gasteiger partial charge in [-0.3, -0.25) is 4.79 Å². The fraction of sp³-hybridized carbons (Fsp3) is 0.909. The maximum atomic E-state index is 11.3. The molecule has 2 heterocycles. The Morgan fingerprint density at radius 1 is 1.33 bits per heavy atom. The molecule has 4 heteroatoms. The first-order valence-corrected chi connectivity index (χ1v) is 5.61. The van der Waals surface area contributed by atoms with Crippen molar-refractivity contribution in [2.75, 3.05) is 19.8 Å². The maximum absolute atomic E-state index is 11.3. The van der Waals surface area contributed by atoms with Crippen molar-refractivity contribution in [3.8, 4) is 0 Å². The Morgan fingerprint density at radius 3 is 2.80 bits per heavy atom. The molecule has 0 aromatic rings. The highest BCUT2D eigenvalue weighted by Gasteiger charge is 2.46. The number of carbonyl (C=O) groups is 1. The van der Waals surface area contributed by atoms with E-state index in [1.54, 1.807) is 0 Å². The van der Waals surface area contributed by atoms with E-state index in [2.05, 4.69) is 6.92 Å². The summed E-state index contributed by atoms with van der Waals surface area (Å²) in [4.78, 5) is 11.3. The third kappa shape index (κ3) is 2.16. The molecule has 2 saturated heterocycles. The predicted octanol–water partition coefficient (Wildman–Crippen LogP) is 0.990. The molecular formula is C11H18O4. The van der Waals surface area contributed by atoms with Gasteiger partial charge in [-0.1, -0.05) is 6.92 Å². The van der Waals surface area contributed by atoms with Crippen LogP contribution in [0.2, 0.25) is 0 Å². The normalized spacial score (nSPS) is 39.1. The lowest BCUT2D eigenvalue weighted by molar-refractivity contribution is -0.145. The number of carbonyl (C=O) groups excluding carboxylic acids is 1. The molecule has 15 heavy (non-hydrogen) atoms. The van der Waals surface area contributed by atoms with Gasteiger partial charge in [0.15, 0.2) is 0 Å². The van der Waals surface area contributed by atoms with Crippen LogP contribution < -0.4 is 0 Å². The standard InChI is InChI=1S/C11H18O4/c1-3-13-9(12)4-8-6-15-10-7(2)5-14-11(8)10/h7-8,10-11H,3-6H2,1-2H3/t7-,8?,10-,11-/m1/s1. The number of fused-ring (bicyclic) bond motifs is 1. The lowest BCUT2D eigenvalue weighted by Gasteiger charge is -2.14. The average Bonchev–Trinajstić information content (AvgIpc) is 2.72. The van der Waals surface area contributed by atoms with Gasteiger partial charge < -0.3 is 14.2 Å². The zero-order valence-corrected chi connectivity index (χ0v) is 9.27. The molecule has 0 radical (unpaired) electrons. The van der Waals surface area contributed by atoms with E-state index in [-0.39, 0.29) is 24.1 Å². The van der Waals surface area contributed by atoms with Crippen LogP contribution in [-0.2, 0) is 19.0 Å². The Kier molecular flexibility index (Phi) is 3.26. The number of rotatable bonds is 3. The molecule has 2 rings (SSSR count). The summed E-state index contributed by atoms with van der Waals surface area (Å²) in [7, 11) is 0. The fourth-order valence-electron chi connectivity index (χ4n) is 2.38. The van der Waals surface area contributed by atoms with Crippen molar-refractivity contribution < 1.29 is 19.0 Å². The first kappa shape index (κ1) is 10.9.